The normalized spacial score (nSPS) is 13.5. The van der Waals surface area contributed by atoms with Crippen LogP contribution in [-0.4, -0.2) is 53.7 Å². The van der Waals surface area contributed by atoms with Crippen LogP contribution in [0.15, 0.2) is 35.9 Å². The molecule has 0 fully saturated rings. The summed E-state index contributed by atoms with van der Waals surface area (Å²) >= 11 is 0. The van der Waals surface area contributed by atoms with Crippen LogP contribution >= 0.6 is 0 Å². The smallest absolute Gasteiger partial charge is 0.352 e. The van der Waals surface area contributed by atoms with Crippen molar-refractivity contribution in [2.45, 2.75) is 57.9 Å². The topological polar surface area (TPSA) is 148 Å². The van der Waals surface area contributed by atoms with Gasteiger partial charge in [-0.25, -0.2) is 9.59 Å². The number of rotatable bonds is 10. The Morgan fingerprint density at radius 2 is 1.58 bits per heavy atom. The van der Waals surface area contributed by atoms with E-state index in [1.54, 1.807) is 39.0 Å². The molecule has 0 amide bonds. The summed E-state index contributed by atoms with van der Waals surface area (Å²) in [5, 5.41) is 0. The minimum atomic E-state index is -2.63. The monoisotopic (exact) mass is 434 g/mol. The molecule has 0 radical (unpaired) electrons. The number of carbonyl (C=O) groups excluding carboxylic acids is 4. The molecule has 1 aromatic rings. The van der Waals surface area contributed by atoms with Gasteiger partial charge in [0.25, 0.3) is 5.60 Å². The lowest BCUT2D eigenvalue weighted by Crippen LogP contribution is -2.65. The van der Waals surface area contributed by atoms with Crippen LogP contribution in [0.4, 0.5) is 0 Å². The molecule has 1 unspecified atom stereocenters. The Hall–Kier alpha value is -2.84. The van der Waals surface area contributed by atoms with Crippen molar-refractivity contribution in [3.8, 4) is 0 Å². The van der Waals surface area contributed by atoms with Crippen molar-refractivity contribution >= 4 is 23.7 Å². The van der Waals surface area contributed by atoms with Crippen LogP contribution in [0.3, 0.4) is 0 Å². The second-order valence-electron chi connectivity index (χ2n) is 7.81. The van der Waals surface area contributed by atoms with Crippen LogP contribution in [0, 0.1) is 0 Å². The summed E-state index contributed by atoms with van der Waals surface area (Å²) in [4.78, 5) is 50.9. The fraction of sp³-hybridized carbons (Fsp3) is 0.500. The summed E-state index contributed by atoms with van der Waals surface area (Å²) in [5.74, 6) is -1.46. The third-order valence-electron chi connectivity index (χ3n) is 4.06. The van der Waals surface area contributed by atoms with Crippen molar-refractivity contribution in [2.75, 3.05) is 13.2 Å². The molecule has 0 aliphatic carbocycles. The summed E-state index contributed by atoms with van der Waals surface area (Å²) in [5.41, 5.74) is 5.70. The zero-order valence-corrected chi connectivity index (χ0v) is 18.5. The van der Waals surface area contributed by atoms with E-state index in [0.717, 1.165) is 0 Å². The molecule has 0 saturated carbocycles. The van der Waals surface area contributed by atoms with E-state index in [0.29, 0.717) is 0 Å². The molecule has 0 bridgehead atoms. The van der Waals surface area contributed by atoms with Crippen LogP contribution in [0.2, 0.25) is 0 Å². The Balaban J connectivity index is 3.63. The third-order valence-corrected chi connectivity index (χ3v) is 4.06. The van der Waals surface area contributed by atoms with Crippen molar-refractivity contribution < 1.29 is 33.4 Å². The molecule has 1 aromatic carbocycles. The highest BCUT2D eigenvalue weighted by molar-refractivity contribution is 6.19. The molecular formula is C22H30N2O7. The first-order chi connectivity index (χ1) is 14.4. The third kappa shape index (κ3) is 6.32. The summed E-state index contributed by atoms with van der Waals surface area (Å²) in [6.07, 6.45) is -0.717. The SMILES string of the molecule is CCOC(=O)C(OCC)(C(=O)c1ccccc1)C(=C=O)C(N)(N)CC(=O)OC(C)(C)C. The molecule has 0 aromatic heterocycles. The van der Waals surface area contributed by atoms with Crippen molar-refractivity contribution in [1.82, 2.24) is 0 Å². The number of ether oxygens (including phenoxy) is 3. The van der Waals surface area contributed by atoms with Gasteiger partial charge in [0.05, 0.1) is 18.6 Å². The molecule has 1 rings (SSSR count). The number of carbonyl (C=O) groups is 3. The molecule has 0 aliphatic heterocycles. The molecule has 0 spiro atoms. The number of esters is 2. The van der Waals surface area contributed by atoms with Crippen LogP contribution in [0.25, 0.3) is 0 Å². The first-order valence-corrected chi connectivity index (χ1v) is 9.82. The Morgan fingerprint density at radius 3 is 2.03 bits per heavy atom. The van der Waals surface area contributed by atoms with Gasteiger partial charge < -0.3 is 25.7 Å². The molecule has 9 nitrogen and oxygen atoms in total. The van der Waals surface area contributed by atoms with E-state index >= 15 is 0 Å². The first kappa shape index (κ1) is 26.2. The van der Waals surface area contributed by atoms with Gasteiger partial charge in [0.1, 0.15) is 17.2 Å². The highest BCUT2D eigenvalue weighted by atomic mass is 16.6. The largest absolute Gasteiger partial charge is 0.463 e. The standard InChI is InChI=1S/C22H30N2O7/c1-6-29-19(28)22(30-7-2,18(27)15-11-9-8-10-12-15)16(14-25)21(23,24)13-17(26)31-20(3,4)5/h8-12H,6-7,13,23-24H2,1-5H3. The zero-order chi connectivity index (χ0) is 23.9. The lowest BCUT2D eigenvalue weighted by Gasteiger charge is -2.37. The average molecular weight is 434 g/mol. The highest BCUT2D eigenvalue weighted by Gasteiger charge is 2.58. The number of hydrogen-bond acceptors (Lipinski definition) is 9. The van der Waals surface area contributed by atoms with Gasteiger partial charge in [0.2, 0.25) is 5.78 Å². The van der Waals surface area contributed by atoms with E-state index in [4.69, 9.17) is 25.7 Å². The fourth-order valence-electron chi connectivity index (χ4n) is 2.95. The highest BCUT2D eigenvalue weighted by Crippen LogP contribution is 2.33. The zero-order valence-electron chi connectivity index (χ0n) is 18.5. The molecule has 1 atom stereocenters. The Bertz CT molecular complexity index is 852. The predicted molar refractivity (Wildman–Crippen MR) is 113 cm³/mol. The van der Waals surface area contributed by atoms with Crippen LogP contribution in [-0.2, 0) is 28.6 Å². The van der Waals surface area contributed by atoms with E-state index in [2.05, 4.69) is 0 Å². The van der Waals surface area contributed by atoms with Gasteiger partial charge in [-0.1, -0.05) is 30.3 Å². The lowest BCUT2D eigenvalue weighted by atomic mass is 9.78. The van der Waals surface area contributed by atoms with Gasteiger partial charge in [0, 0.05) is 12.2 Å². The molecule has 0 aliphatic rings. The van der Waals surface area contributed by atoms with Crippen molar-refractivity contribution in [1.29, 1.82) is 0 Å². The minimum absolute atomic E-state index is 0.0461. The van der Waals surface area contributed by atoms with Crippen molar-refractivity contribution in [2.24, 2.45) is 11.5 Å². The maximum atomic E-state index is 13.5. The van der Waals surface area contributed by atoms with Gasteiger partial charge in [0.15, 0.2) is 0 Å². The maximum Gasteiger partial charge on any atom is 0.352 e. The van der Waals surface area contributed by atoms with Crippen molar-refractivity contribution in [3.05, 3.63) is 41.5 Å². The second kappa shape index (κ2) is 10.5. The van der Waals surface area contributed by atoms with Gasteiger partial charge in [-0.15, -0.1) is 0 Å². The number of benzene rings is 1. The van der Waals surface area contributed by atoms with E-state index in [9.17, 15) is 19.2 Å². The van der Waals surface area contributed by atoms with Crippen molar-refractivity contribution in [3.63, 3.8) is 0 Å². The van der Waals surface area contributed by atoms with Crippen LogP contribution in [0.1, 0.15) is 51.4 Å². The van der Waals surface area contributed by atoms with E-state index in [-0.39, 0.29) is 18.8 Å². The molecule has 0 saturated heterocycles. The Morgan fingerprint density at radius 1 is 1.00 bits per heavy atom. The molecule has 4 N–H and O–H groups in total. The fourth-order valence-corrected chi connectivity index (χ4v) is 2.95. The Kier molecular flexibility index (Phi) is 8.84. The minimum Gasteiger partial charge on any atom is -0.463 e. The summed E-state index contributed by atoms with van der Waals surface area (Å²) in [7, 11) is 0. The van der Waals surface area contributed by atoms with Crippen LogP contribution in [0.5, 0.6) is 0 Å². The van der Waals surface area contributed by atoms with Gasteiger partial charge >= 0.3 is 11.9 Å². The average Bonchev–Trinajstić information content (AvgIpc) is 2.65. The van der Waals surface area contributed by atoms with Gasteiger partial charge in [-0.05, 0) is 34.6 Å². The molecule has 0 heterocycles. The van der Waals surface area contributed by atoms with Crippen LogP contribution < -0.4 is 11.5 Å². The lowest BCUT2D eigenvalue weighted by molar-refractivity contribution is -0.163. The number of Topliss-reactive ketones (excluding diaryl/α,β-unsaturated/α-hetero) is 1. The van der Waals surface area contributed by atoms with Gasteiger partial charge in [-0.3, -0.25) is 9.59 Å². The summed E-state index contributed by atoms with van der Waals surface area (Å²) in [6.45, 7) is 7.65. The number of ketones is 1. The molecule has 170 valence electrons. The second-order valence-corrected chi connectivity index (χ2v) is 7.81. The summed E-state index contributed by atoms with van der Waals surface area (Å²) in [6, 6.07) is 7.66. The van der Waals surface area contributed by atoms with Gasteiger partial charge in [-0.2, -0.15) is 0 Å². The Labute approximate surface area is 181 Å². The predicted octanol–water partition coefficient (Wildman–Crippen LogP) is 1.31. The van der Waals surface area contributed by atoms with E-state index in [1.807, 2.05) is 0 Å². The van der Waals surface area contributed by atoms with E-state index < -0.39 is 46.6 Å². The number of nitrogens with two attached hydrogens (primary N) is 2. The molecule has 9 heteroatoms. The van der Waals surface area contributed by atoms with E-state index in [1.165, 1.54) is 31.9 Å². The molecule has 31 heavy (non-hydrogen) atoms. The number of hydrogen-bond donors (Lipinski definition) is 2. The molecular weight excluding hydrogens is 404 g/mol. The maximum absolute atomic E-state index is 13.5. The quantitative estimate of drug-likeness (QED) is 0.183. The first-order valence-electron chi connectivity index (χ1n) is 9.82. The summed E-state index contributed by atoms with van der Waals surface area (Å²) < 4.78 is 15.8.